The third-order valence-corrected chi connectivity index (χ3v) is 8.59. The monoisotopic (exact) mass is 626 g/mol. The zero-order chi connectivity index (χ0) is 34.3. The minimum atomic E-state index is -0.584. The summed E-state index contributed by atoms with van der Waals surface area (Å²) < 4.78 is 11.0. The fourth-order valence-corrected chi connectivity index (χ4v) is 6.91. The van der Waals surface area contributed by atoms with E-state index in [0.717, 1.165) is 44.5 Å². The molecule has 0 aromatic heterocycles. The molecule has 0 bridgehead atoms. The van der Waals surface area contributed by atoms with Crippen LogP contribution in [0.25, 0.3) is 23.3 Å². The molecule has 0 unspecified atom stereocenters. The first-order valence-corrected chi connectivity index (χ1v) is 16.3. The van der Waals surface area contributed by atoms with E-state index < -0.39 is 16.6 Å². The van der Waals surface area contributed by atoms with E-state index in [1.54, 1.807) is 0 Å². The zero-order valence-corrected chi connectivity index (χ0v) is 29.4. The molecule has 4 aromatic carbocycles. The van der Waals surface area contributed by atoms with Crippen LogP contribution < -0.4 is 0 Å². The molecule has 0 aliphatic heterocycles. The van der Waals surface area contributed by atoms with E-state index in [9.17, 15) is 9.59 Å². The first kappa shape index (κ1) is 33.7. The van der Waals surface area contributed by atoms with Gasteiger partial charge in [-0.3, -0.25) is 0 Å². The van der Waals surface area contributed by atoms with Crippen molar-refractivity contribution >= 4 is 24.1 Å². The molecule has 0 saturated heterocycles. The van der Waals surface area contributed by atoms with E-state index in [1.165, 1.54) is 34.4 Å². The molecule has 4 nitrogen and oxygen atoms in total. The summed E-state index contributed by atoms with van der Waals surface area (Å²) in [5.74, 6) is -0.718. The molecule has 0 heterocycles. The molecule has 5 rings (SSSR count). The Hall–Kier alpha value is -4.70. The molecule has 0 N–H and O–H groups in total. The molecule has 1 aliphatic carbocycles. The van der Waals surface area contributed by atoms with E-state index in [1.807, 2.05) is 53.7 Å². The number of aryl methyl sites for hydroxylation is 4. The predicted octanol–water partition coefficient (Wildman–Crippen LogP) is 9.99. The maximum Gasteiger partial charge on any atom is 0.331 e. The highest BCUT2D eigenvalue weighted by molar-refractivity contribution is 5.90. The standard InChI is InChI=1S/C43H46O4/c1-27-23-31(24-28(2)33(27)19-21-39(44)46-41(5,6)7)43(37-17-13-11-15-35(37)36-16-12-14-18-38(36)43)32-25-29(3)34(30(4)26-32)20-22-40(45)47-42(8,9)10/h11-26H,1-10H3. The Morgan fingerprint density at radius 1 is 0.553 bits per heavy atom. The van der Waals surface area contributed by atoms with Crippen LogP contribution in [0.1, 0.15) is 97.2 Å². The summed E-state index contributed by atoms with van der Waals surface area (Å²) in [5.41, 5.74) is 11.8. The number of benzene rings is 4. The lowest BCUT2D eigenvalue weighted by molar-refractivity contribution is -0.149. The topological polar surface area (TPSA) is 52.6 Å². The quantitative estimate of drug-likeness (QED) is 0.139. The van der Waals surface area contributed by atoms with Gasteiger partial charge in [0.25, 0.3) is 0 Å². The van der Waals surface area contributed by atoms with Crippen molar-refractivity contribution in [2.24, 2.45) is 0 Å². The van der Waals surface area contributed by atoms with Crippen molar-refractivity contribution < 1.29 is 19.1 Å². The van der Waals surface area contributed by atoms with Gasteiger partial charge in [0.1, 0.15) is 11.2 Å². The minimum Gasteiger partial charge on any atom is -0.457 e. The zero-order valence-electron chi connectivity index (χ0n) is 29.4. The molecule has 4 heteroatoms. The second kappa shape index (κ2) is 12.5. The highest BCUT2D eigenvalue weighted by Crippen LogP contribution is 2.56. The van der Waals surface area contributed by atoms with Gasteiger partial charge in [-0.15, -0.1) is 0 Å². The van der Waals surface area contributed by atoms with Gasteiger partial charge in [-0.2, -0.15) is 0 Å². The minimum absolute atomic E-state index is 0.359. The second-order valence-corrected chi connectivity index (χ2v) is 14.6. The van der Waals surface area contributed by atoms with Crippen LogP contribution in [0.4, 0.5) is 0 Å². The second-order valence-electron chi connectivity index (χ2n) is 14.6. The Kier molecular flexibility index (Phi) is 8.94. The number of fused-ring (bicyclic) bond motifs is 3. The molecule has 0 fully saturated rings. The fraction of sp³-hybridized carbons (Fsp3) is 0.302. The summed E-state index contributed by atoms with van der Waals surface area (Å²) in [5, 5.41) is 0. The molecule has 0 spiro atoms. The highest BCUT2D eigenvalue weighted by Gasteiger charge is 2.46. The van der Waals surface area contributed by atoms with Crippen molar-refractivity contribution in [2.45, 2.75) is 85.9 Å². The molecule has 0 saturated carbocycles. The van der Waals surface area contributed by atoms with Crippen molar-refractivity contribution in [2.75, 3.05) is 0 Å². The number of hydrogen-bond donors (Lipinski definition) is 0. The van der Waals surface area contributed by atoms with Crippen LogP contribution in [0.5, 0.6) is 0 Å². The normalized spacial score (nSPS) is 13.9. The van der Waals surface area contributed by atoms with E-state index in [0.29, 0.717) is 0 Å². The number of carbonyl (C=O) groups is 2. The largest absolute Gasteiger partial charge is 0.457 e. The third kappa shape index (κ3) is 6.74. The van der Waals surface area contributed by atoms with Crippen LogP contribution in [0.15, 0.2) is 84.9 Å². The van der Waals surface area contributed by atoms with Crippen LogP contribution in [0, 0.1) is 27.7 Å². The molecule has 0 atom stereocenters. The molecule has 1 aliphatic rings. The average Bonchev–Trinajstić information content (AvgIpc) is 3.25. The first-order chi connectivity index (χ1) is 22.0. The van der Waals surface area contributed by atoms with E-state index in [2.05, 4.69) is 100 Å². The van der Waals surface area contributed by atoms with Crippen LogP contribution in [-0.2, 0) is 24.5 Å². The van der Waals surface area contributed by atoms with Crippen LogP contribution in [-0.4, -0.2) is 23.1 Å². The predicted molar refractivity (Wildman–Crippen MR) is 192 cm³/mol. The van der Waals surface area contributed by atoms with Gasteiger partial charge in [-0.25, -0.2) is 9.59 Å². The van der Waals surface area contributed by atoms with Gasteiger partial charge in [-0.1, -0.05) is 72.8 Å². The lowest BCUT2D eigenvalue weighted by Gasteiger charge is -2.35. The van der Waals surface area contributed by atoms with Crippen molar-refractivity contribution in [1.29, 1.82) is 0 Å². The van der Waals surface area contributed by atoms with Gasteiger partial charge < -0.3 is 9.47 Å². The Labute approximate surface area is 280 Å². The number of ether oxygens (including phenoxy) is 2. The number of carbonyl (C=O) groups excluding carboxylic acids is 2. The van der Waals surface area contributed by atoms with Crippen molar-refractivity contribution in [3.05, 3.63) is 141 Å². The van der Waals surface area contributed by atoms with Crippen molar-refractivity contribution in [1.82, 2.24) is 0 Å². The fourth-order valence-electron chi connectivity index (χ4n) is 6.91. The molecule has 4 aromatic rings. The molecule has 0 radical (unpaired) electrons. The van der Waals surface area contributed by atoms with E-state index >= 15 is 0 Å². The maximum absolute atomic E-state index is 12.5. The Morgan fingerprint density at radius 2 is 0.872 bits per heavy atom. The van der Waals surface area contributed by atoms with Gasteiger partial charge in [0.05, 0.1) is 5.41 Å². The maximum atomic E-state index is 12.5. The summed E-state index contributed by atoms with van der Waals surface area (Å²) in [6.45, 7) is 19.6. The molecular formula is C43H46O4. The smallest absolute Gasteiger partial charge is 0.331 e. The van der Waals surface area contributed by atoms with Gasteiger partial charge in [0.2, 0.25) is 0 Å². The van der Waals surface area contributed by atoms with Crippen LogP contribution >= 0.6 is 0 Å². The lowest BCUT2D eigenvalue weighted by Crippen LogP contribution is -2.29. The summed E-state index contributed by atoms with van der Waals surface area (Å²) in [6.07, 6.45) is 6.77. The summed E-state index contributed by atoms with van der Waals surface area (Å²) >= 11 is 0. The molecule has 242 valence electrons. The van der Waals surface area contributed by atoms with Gasteiger partial charge in [0.15, 0.2) is 0 Å². The van der Waals surface area contributed by atoms with Gasteiger partial charge in [-0.05, 0) is 148 Å². The van der Waals surface area contributed by atoms with E-state index in [-0.39, 0.29) is 11.9 Å². The van der Waals surface area contributed by atoms with Gasteiger partial charge >= 0.3 is 11.9 Å². The van der Waals surface area contributed by atoms with Crippen molar-refractivity contribution in [3.8, 4) is 11.1 Å². The summed E-state index contributed by atoms with van der Waals surface area (Å²) in [7, 11) is 0. The van der Waals surface area contributed by atoms with Gasteiger partial charge in [0, 0.05) is 12.2 Å². The van der Waals surface area contributed by atoms with Crippen LogP contribution in [0.2, 0.25) is 0 Å². The average molecular weight is 627 g/mol. The Morgan fingerprint density at radius 3 is 1.19 bits per heavy atom. The number of rotatable bonds is 6. The summed E-state index contributed by atoms with van der Waals surface area (Å²) in [4.78, 5) is 25.1. The Bertz CT molecular complexity index is 1740. The molecule has 47 heavy (non-hydrogen) atoms. The first-order valence-electron chi connectivity index (χ1n) is 16.3. The number of hydrogen-bond acceptors (Lipinski definition) is 4. The molecule has 0 amide bonds. The third-order valence-electron chi connectivity index (χ3n) is 8.59. The lowest BCUT2D eigenvalue weighted by atomic mass is 9.66. The number of esters is 2. The van der Waals surface area contributed by atoms with Crippen LogP contribution in [0.3, 0.4) is 0 Å². The molecular weight excluding hydrogens is 580 g/mol. The Balaban J connectivity index is 1.71. The summed E-state index contributed by atoms with van der Waals surface area (Å²) in [6, 6.07) is 26.4. The highest BCUT2D eigenvalue weighted by atomic mass is 16.6. The SMILES string of the molecule is Cc1cc(C2(c3cc(C)c(C=CC(=O)OC(C)(C)C)c(C)c3)c3ccccc3-c3ccccc32)cc(C)c1C=CC(=O)OC(C)(C)C. The van der Waals surface area contributed by atoms with Crippen molar-refractivity contribution in [3.63, 3.8) is 0 Å². The van der Waals surface area contributed by atoms with E-state index in [4.69, 9.17) is 9.47 Å².